The molecule has 6 aromatic rings. The van der Waals surface area contributed by atoms with E-state index < -0.39 is 26.0 Å². The van der Waals surface area contributed by atoms with Gasteiger partial charge < -0.3 is 15.3 Å². The zero-order chi connectivity index (χ0) is 46.4. The maximum atomic E-state index is 13.6. The van der Waals surface area contributed by atoms with Crippen LogP contribution in [0.5, 0.6) is 0 Å². The quantitative estimate of drug-likeness (QED) is 0.132. The number of nitrogens with one attached hydrogen (secondary N) is 3. The summed E-state index contributed by atoms with van der Waals surface area (Å²) in [4.78, 5) is 28.2. The molecule has 2 aliphatic heterocycles. The summed E-state index contributed by atoms with van der Waals surface area (Å²) in [5.74, 6) is -0.0684. The van der Waals surface area contributed by atoms with Gasteiger partial charge in [0.15, 0.2) is 12.4 Å². The van der Waals surface area contributed by atoms with E-state index in [4.69, 9.17) is 25.5 Å². The molecule has 0 aromatic carbocycles. The maximum Gasteiger partial charge on any atom is 0.348 e. The predicted octanol–water partition coefficient (Wildman–Crippen LogP) is 5.05. The molecule has 65 heavy (non-hydrogen) atoms. The van der Waals surface area contributed by atoms with Gasteiger partial charge in [-0.25, -0.2) is 21.6 Å². The van der Waals surface area contributed by atoms with E-state index in [0.29, 0.717) is 35.0 Å². The Labute approximate surface area is 385 Å². The Morgan fingerprint density at radius 1 is 0.692 bits per heavy atom. The van der Waals surface area contributed by atoms with Crippen molar-refractivity contribution in [3.05, 3.63) is 90.3 Å². The van der Waals surface area contributed by atoms with Crippen molar-refractivity contribution in [2.45, 2.75) is 116 Å². The van der Waals surface area contributed by atoms with Crippen molar-refractivity contribution in [1.82, 2.24) is 39.9 Å². The van der Waals surface area contributed by atoms with Crippen LogP contribution in [0.1, 0.15) is 151 Å². The second-order valence-corrected chi connectivity index (χ2v) is 23.5. The number of carbonyl (C=O) groups is 2. The van der Waals surface area contributed by atoms with E-state index in [0.717, 1.165) is 82.2 Å². The van der Waals surface area contributed by atoms with Crippen LogP contribution in [-0.4, -0.2) is 94.0 Å². The molecule has 0 bridgehead atoms. The number of likely N-dealkylation sites (tertiary alicyclic amines) is 1. The molecule has 4 N–H and O–H groups in total. The largest absolute Gasteiger partial charge is 0.477 e. The summed E-state index contributed by atoms with van der Waals surface area (Å²) in [7, 11) is -6.91. The van der Waals surface area contributed by atoms with Gasteiger partial charge in [0, 0.05) is 37.4 Å². The Bertz CT molecular complexity index is 2980. The third-order valence-corrected chi connectivity index (χ3v) is 14.8. The molecule has 0 spiro atoms. The summed E-state index contributed by atoms with van der Waals surface area (Å²) < 4.78 is 57.4. The first-order chi connectivity index (χ1) is 30.8. The minimum absolute atomic E-state index is 0.00734. The van der Waals surface area contributed by atoms with Gasteiger partial charge in [-0.15, -0.1) is 22.7 Å². The van der Waals surface area contributed by atoms with E-state index in [2.05, 4.69) is 40.0 Å². The summed E-state index contributed by atoms with van der Waals surface area (Å²) in [5.41, 5.74) is 6.88. The van der Waals surface area contributed by atoms with Crippen LogP contribution < -0.4 is 24.0 Å². The number of amides is 1. The van der Waals surface area contributed by atoms with E-state index in [-0.39, 0.29) is 22.5 Å². The van der Waals surface area contributed by atoms with E-state index in [1.807, 2.05) is 34.2 Å². The highest BCUT2D eigenvalue weighted by Gasteiger charge is 2.37. The van der Waals surface area contributed by atoms with Crippen LogP contribution in [-0.2, 0) is 20.0 Å². The van der Waals surface area contributed by atoms with Crippen molar-refractivity contribution in [3.8, 4) is 0 Å². The Morgan fingerprint density at radius 2 is 1.20 bits per heavy atom. The molecular weight excluding hydrogens is 913 g/mol. The van der Waals surface area contributed by atoms with Crippen molar-refractivity contribution < 1.29 is 40.8 Å². The van der Waals surface area contributed by atoms with Gasteiger partial charge in [-0.3, -0.25) is 14.2 Å². The van der Waals surface area contributed by atoms with Gasteiger partial charge in [0.2, 0.25) is 31.4 Å². The smallest absolute Gasteiger partial charge is 0.348 e. The van der Waals surface area contributed by atoms with Gasteiger partial charge in [0.05, 0.1) is 51.5 Å². The molecule has 348 valence electrons. The number of carboxylic acids is 1. The monoisotopic (exact) mass is 968 g/mol. The third kappa shape index (κ3) is 11.3. The van der Waals surface area contributed by atoms with Crippen LogP contribution in [0.25, 0.3) is 0 Å². The Hall–Kier alpha value is -5.10. The van der Waals surface area contributed by atoms with Crippen LogP contribution in [0, 0.1) is 27.7 Å². The molecule has 2 saturated heterocycles. The molecule has 23 heteroatoms. The number of aryl methyl sites for hydroxylation is 4. The van der Waals surface area contributed by atoms with E-state index in [1.54, 1.807) is 22.3 Å². The fourth-order valence-electron chi connectivity index (χ4n) is 8.25. The van der Waals surface area contributed by atoms with Crippen LogP contribution in [0.4, 0.5) is 11.4 Å². The van der Waals surface area contributed by atoms with E-state index in [1.165, 1.54) is 73.7 Å². The lowest BCUT2D eigenvalue weighted by Crippen LogP contribution is -2.39. The highest BCUT2D eigenvalue weighted by Crippen LogP contribution is 2.40. The second kappa shape index (κ2) is 18.6. The number of aromatic nitrogens is 8. The lowest BCUT2D eigenvalue weighted by molar-refractivity contribution is -0.684. The molecule has 6 aromatic heterocycles. The van der Waals surface area contributed by atoms with E-state index in [9.17, 15) is 26.4 Å². The van der Waals surface area contributed by atoms with Crippen molar-refractivity contribution >= 4 is 66.0 Å². The number of hydrogen-bond acceptors (Lipinski definition) is 13. The molecule has 1 amide bonds. The average molecular weight is 969 g/mol. The summed E-state index contributed by atoms with van der Waals surface area (Å²) in [6.07, 6.45) is 17.5. The number of aromatic carboxylic acids is 1. The standard InChI is InChI=1S/C21H26N6O3S2.C14H20N5.C7H9NO4S2/c1-13-10-16(15-7-8-15)22-26-12-18(23-27(13)26)19-6-4-5-9-25(19)21(28)20-17(11-14(2)31-20)24-32(3,29)30;1-10-8-13(11-5-6-11)16-18-9-14(17-19(10)18)12-4-2-3-7-15-12;1-4-3-5(8-14(2,11)12)6(13-4)7(9)10/h10-12,15,19H,4-9H2,1-3H3;8-9,11-12,15H,2-7H2,1H3;3,8H,1-2H3,(H,9,10)/q;+1;/p+1/t19-;12-;/m00./s1. The number of sulfonamides is 2. The second-order valence-electron chi connectivity index (χ2n) is 17.5. The molecule has 2 saturated carbocycles. The molecular formula is C42H56N12O7S4+2. The molecule has 8 heterocycles. The maximum absolute atomic E-state index is 13.6. The number of rotatable bonds is 10. The SMILES string of the molecule is Cc1cc(C2CC2)n[n+]2cc([C@@H]3CCCCN3)nn12.Cc1cc(NS(C)(=O)=O)c(C(=O)N2CCCC[C@H]2c2c[n+]3nc(C4CC4)cc(C)n3n2)s1.Cc1cc(NS(C)(=O)=O)c(C(=O)O)s1. The number of carboxylic acid groups (broad SMARTS) is 1. The minimum Gasteiger partial charge on any atom is -0.477 e. The molecule has 2 atom stereocenters. The zero-order valence-corrected chi connectivity index (χ0v) is 40.6. The highest BCUT2D eigenvalue weighted by atomic mass is 32.2. The summed E-state index contributed by atoms with van der Waals surface area (Å²) in [6.45, 7) is 9.42. The average Bonchev–Trinajstić information content (AvgIpc) is 4.12. The predicted molar refractivity (Wildman–Crippen MR) is 245 cm³/mol. The number of nitrogens with zero attached hydrogens (tertiary/aromatic N) is 9. The van der Waals surface area contributed by atoms with Gasteiger partial charge in [-0.2, -0.15) is 0 Å². The minimum atomic E-state index is -3.49. The van der Waals surface area contributed by atoms with E-state index >= 15 is 0 Å². The summed E-state index contributed by atoms with van der Waals surface area (Å²) >= 11 is 2.35. The number of carbonyl (C=O) groups excluding carboxylic acids is 1. The van der Waals surface area contributed by atoms with Gasteiger partial charge in [-0.05, 0) is 126 Å². The van der Waals surface area contributed by atoms with Crippen molar-refractivity contribution in [2.75, 3.05) is 35.0 Å². The lowest BCUT2D eigenvalue weighted by atomic mass is 9.99. The fourth-order valence-corrected chi connectivity index (χ4v) is 11.2. The van der Waals surface area contributed by atoms with Gasteiger partial charge in [0.1, 0.15) is 27.2 Å². The normalized spacial score (nSPS) is 19.0. The van der Waals surface area contributed by atoms with Crippen molar-refractivity contribution in [3.63, 3.8) is 0 Å². The third-order valence-electron chi connectivity index (χ3n) is 11.5. The Balaban J connectivity index is 0.000000147. The topological polar surface area (TPSA) is 231 Å². The molecule has 0 radical (unpaired) electrons. The Morgan fingerprint density at radius 3 is 1.71 bits per heavy atom. The van der Waals surface area contributed by atoms with Gasteiger partial charge in [0.25, 0.3) is 5.91 Å². The summed E-state index contributed by atoms with van der Waals surface area (Å²) in [5, 5.41) is 31.2. The number of hydrogen-bond donors (Lipinski definition) is 4. The van der Waals surface area contributed by atoms with Crippen molar-refractivity contribution in [1.29, 1.82) is 0 Å². The number of anilines is 2. The molecule has 2 aliphatic carbocycles. The lowest BCUT2D eigenvalue weighted by Gasteiger charge is -2.32. The molecule has 10 rings (SSSR count). The first-order valence-electron chi connectivity index (χ1n) is 21.8. The number of piperidine rings is 2. The van der Waals surface area contributed by atoms with Gasteiger partial charge >= 0.3 is 5.97 Å². The molecule has 19 nitrogen and oxygen atoms in total. The van der Waals surface area contributed by atoms with Crippen molar-refractivity contribution in [2.24, 2.45) is 0 Å². The van der Waals surface area contributed by atoms with Crippen LogP contribution >= 0.6 is 22.7 Å². The van der Waals surface area contributed by atoms with Crippen LogP contribution in [0.15, 0.2) is 36.7 Å². The highest BCUT2D eigenvalue weighted by molar-refractivity contribution is 7.92. The zero-order valence-electron chi connectivity index (χ0n) is 37.3. The first kappa shape index (κ1) is 46.4. The molecule has 4 aliphatic rings. The summed E-state index contributed by atoms with van der Waals surface area (Å²) in [6, 6.07) is 7.70. The molecule has 4 fully saturated rings. The Kier molecular flexibility index (Phi) is 13.3. The van der Waals surface area contributed by atoms with Crippen LogP contribution in [0.2, 0.25) is 0 Å². The molecule has 0 unspecified atom stereocenters. The fraction of sp³-hybridized carbons (Fsp3) is 0.524. The first-order valence-corrected chi connectivity index (χ1v) is 27.2. The van der Waals surface area contributed by atoms with Gasteiger partial charge in [-0.1, -0.05) is 16.6 Å². The van der Waals surface area contributed by atoms with Crippen LogP contribution in [0.3, 0.4) is 0 Å². The number of thiophene rings is 2. The number of fused-ring (bicyclic) bond motifs is 2.